The number of carbonyl (C=O) groups excluding carboxylic acids is 3. The second-order valence-corrected chi connectivity index (χ2v) is 7.21. The van der Waals surface area contributed by atoms with Crippen LogP contribution in [0, 0.1) is 0 Å². The van der Waals surface area contributed by atoms with E-state index in [0.29, 0.717) is 30.1 Å². The van der Waals surface area contributed by atoms with E-state index < -0.39 is 17.5 Å². The molecule has 1 aliphatic heterocycles. The highest BCUT2D eigenvalue weighted by molar-refractivity contribution is 6.09. The first-order chi connectivity index (χ1) is 14.3. The Hall–Kier alpha value is -2.97. The molecule has 0 atom stereocenters. The number of hydrogen-bond acceptors (Lipinski definition) is 6. The lowest BCUT2D eigenvalue weighted by Crippen LogP contribution is -2.47. The fourth-order valence-corrected chi connectivity index (χ4v) is 3.77. The van der Waals surface area contributed by atoms with E-state index in [2.05, 4.69) is 10.6 Å². The van der Waals surface area contributed by atoms with Gasteiger partial charge in [0, 0.05) is 6.54 Å². The fraction of sp³-hybridized carbons (Fsp3) is 0.571. The average Bonchev–Trinajstić information content (AvgIpc) is 2.95. The third kappa shape index (κ3) is 4.77. The van der Waals surface area contributed by atoms with Crippen LogP contribution in [-0.4, -0.2) is 56.2 Å². The zero-order chi connectivity index (χ0) is 22.3. The van der Waals surface area contributed by atoms with Gasteiger partial charge in [-0.3, -0.25) is 14.5 Å². The van der Waals surface area contributed by atoms with E-state index in [1.54, 1.807) is 12.1 Å². The number of hydrogen-bond donors (Lipinski definition) is 2. The summed E-state index contributed by atoms with van der Waals surface area (Å²) in [5, 5.41) is 5.54. The van der Waals surface area contributed by atoms with Gasteiger partial charge in [0.25, 0.3) is 5.91 Å². The van der Waals surface area contributed by atoms with Crippen LogP contribution in [0.3, 0.4) is 0 Å². The molecule has 1 aromatic carbocycles. The summed E-state index contributed by atoms with van der Waals surface area (Å²) < 4.78 is 15.9. The number of methoxy groups -OCH3 is 3. The highest BCUT2D eigenvalue weighted by atomic mass is 16.5. The number of imide groups is 1. The molecule has 1 saturated heterocycles. The maximum Gasteiger partial charge on any atom is 0.325 e. The molecule has 166 valence electrons. The number of nitrogens with zero attached hydrogens (tertiary/aromatic N) is 1. The summed E-state index contributed by atoms with van der Waals surface area (Å²) in [4.78, 5) is 38.7. The van der Waals surface area contributed by atoms with Crippen molar-refractivity contribution in [2.75, 3.05) is 27.9 Å². The molecule has 1 aliphatic rings. The van der Waals surface area contributed by atoms with E-state index in [-0.39, 0.29) is 19.0 Å². The molecule has 0 unspecified atom stereocenters. The minimum Gasteiger partial charge on any atom is -0.493 e. The van der Waals surface area contributed by atoms with Crippen molar-refractivity contribution in [3.05, 3.63) is 17.7 Å². The summed E-state index contributed by atoms with van der Waals surface area (Å²) >= 11 is 0. The topological polar surface area (TPSA) is 106 Å². The maximum atomic E-state index is 12.9. The Morgan fingerprint density at radius 1 is 1.03 bits per heavy atom. The first-order valence-corrected chi connectivity index (χ1v) is 10.0. The standard InChI is InChI=1S/C21H31N3O6/c1-6-8-21(9-7-2)19(26)24(20(27)23-21)13-17(25)22-12-14-10-15(28-3)18(30-5)16(11-14)29-4/h10-11H,6-9,12-13H2,1-5H3,(H,22,25)(H,23,27). The van der Waals surface area contributed by atoms with Crippen LogP contribution >= 0.6 is 0 Å². The van der Waals surface area contributed by atoms with Gasteiger partial charge in [-0.2, -0.15) is 0 Å². The van der Waals surface area contributed by atoms with E-state index in [1.165, 1.54) is 21.3 Å². The normalized spacial score (nSPS) is 15.0. The molecule has 0 saturated carbocycles. The Morgan fingerprint density at radius 2 is 1.60 bits per heavy atom. The predicted octanol–water partition coefficient (Wildman–Crippen LogP) is 2.22. The number of rotatable bonds is 11. The highest BCUT2D eigenvalue weighted by Gasteiger charge is 2.50. The minimum absolute atomic E-state index is 0.175. The minimum atomic E-state index is -0.905. The molecule has 4 amide bonds. The van der Waals surface area contributed by atoms with Gasteiger partial charge in [-0.05, 0) is 30.5 Å². The van der Waals surface area contributed by atoms with E-state index in [9.17, 15) is 14.4 Å². The lowest BCUT2D eigenvalue weighted by Gasteiger charge is -2.25. The number of amides is 4. The van der Waals surface area contributed by atoms with Gasteiger partial charge in [0.05, 0.1) is 21.3 Å². The Labute approximate surface area is 177 Å². The van der Waals surface area contributed by atoms with Gasteiger partial charge >= 0.3 is 6.03 Å². The van der Waals surface area contributed by atoms with Crippen molar-refractivity contribution in [3.63, 3.8) is 0 Å². The van der Waals surface area contributed by atoms with Crippen LogP contribution in [0.15, 0.2) is 12.1 Å². The number of urea groups is 1. The molecule has 0 spiro atoms. The summed E-state index contributed by atoms with van der Waals surface area (Å²) in [6, 6.07) is 2.93. The summed E-state index contributed by atoms with van der Waals surface area (Å²) in [6.45, 7) is 3.77. The molecule has 1 aromatic rings. The third-order valence-electron chi connectivity index (χ3n) is 5.12. The molecule has 9 nitrogen and oxygen atoms in total. The van der Waals surface area contributed by atoms with Gasteiger partial charge in [-0.25, -0.2) is 4.79 Å². The first kappa shape index (κ1) is 23.3. The van der Waals surface area contributed by atoms with Gasteiger partial charge in [-0.15, -0.1) is 0 Å². The Morgan fingerprint density at radius 3 is 2.07 bits per heavy atom. The highest BCUT2D eigenvalue weighted by Crippen LogP contribution is 2.38. The van der Waals surface area contributed by atoms with Gasteiger partial charge < -0.3 is 24.8 Å². The van der Waals surface area contributed by atoms with Crippen molar-refractivity contribution >= 4 is 17.8 Å². The molecule has 2 N–H and O–H groups in total. The fourth-order valence-electron chi connectivity index (χ4n) is 3.77. The first-order valence-electron chi connectivity index (χ1n) is 10.0. The van der Waals surface area contributed by atoms with E-state index in [1.807, 2.05) is 13.8 Å². The second-order valence-electron chi connectivity index (χ2n) is 7.21. The molecular formula is C21H31N3O6. The van der Waals surface area contributed by atoms with Crippen molar-refractivity contribution in [3.8, 4) is 17.2 Å². The molecule has 0 aliphatic carbocycles. The van der Waals surface area contributed by atoms with Crippen LogP contribution in [-0.2, 0) is 16.1 Å². The molecular weight excluding hydrogens is 390 g/mol. The predicted molar refractivity (Wildman–Crippen MR) is 111 cm³/mol. The van der Waals surface area contributed by atoms with Crippen molar-refractivity contribution in [1.82, 2.24) is 15.5 Å². The van der Waals surface area contributed by atoms with Gasteiger partial charge in [0.2, 0.25) is 11.7 Å². The maximum absolute atomic E-state index is 12.9. The van der Waals surface area contributed by atoms with Crippen LogP contribution in [0.5, 0.6) is 17.2 Å². The molecule has 0 radical (unpaired) electrons. The molecule has 0 aromatic heterocycles. The molecule has 2 rings (SSSR count). The lowest BCUT2D eigenvalue weighted by molar-refractivity contribution is -0.135. The zero-order valence-corrected chi connectivity index (χ0v) is 18.3. The van der Waals surface area contributed by atoms with Crippen molar-refractivity contribution in [2.24, 2.45) is 0 Å². The molecule has 1 fully saturated rings. The third-order valence-corrected chi connectivity index (χ3v) is 5.12. The number of nitrogens with one attached hydrogen (secondary N) is 2. The smallest absolute Gasteiger partial charge is 0.325 e. The molecule has 0 bridgehead atoms. The van der Waals surface area contributed by atoms with Crippen LogP contribution in [0.25, 0.3) is 0 Å². The van der Waals surface area contributed by atoms with Crippen molar-refractivity contribution in [1.29, 1.82) is 0 Å². The van der Waals surface area contributed by atoms with Gasteiger partial charge in [0.15, 0.2) is 11.5 Å². The van der Waals surface area contributed by atoms with Crippen molar-refractivity contribution in [2.45, 2.75) is 51.6 Å². The molecule has 1 heterocycles. The summed E-state index contributed by atoms with van der Waals surface area (Å²) in [5.41, 5.74) is -0.182. The van der Waals surface area contributed by atoms with Crippen LogP contribution in [0.1, 0.15) is 45.1 Å². The van der Waals surface area contributed by atoms with Crippen LogP contribution < -0.4 is 24.8 Å². The Balaban J connectivity index is 2.06. The van der Waals surface area contributed by atoms with E-state index >= 15 is 0 Å². The van der Waals surface area contributed by atoms with E-state index in [4.69, 9.17) is 14.2 Å². The van der Waals surface area contributed by atoms with Crippen molar-refractivity contribution < 1.29 is 28.6 Å². The van der Waals surface area contributed by atoms with Crippen LogP contribution in [0.4, 0.5) is 4.79 Å². The molecule has 9 heteroatoms. The Kier molecular flexibility index (Phi) is 7.91. The summed E-state index contributed by atoms with van der Waals surface area (Å²) in [5.74, 6) is 0.631. The SMILES string of the molecule is CCCC1(CCC)NC(=O)N(CC(=O)NCc2cc(OC)c(OC)c(OC)c2)C1=O. The van der Waals surface area contributed by atoms with Crippen LogP contribution in [0.2, 0.25) is 0 Å². The average molecular weight is 421 g/mol. The number of benzene rings is 1. The molecule has 30 heavy (non-hydrogen) atoms. The summed E-state index contributed by atoms with van der Waals surface area (Å²) in [6.07, 6.45) is 2.62. The number of ether oxygens (including phenoxy) is 3. The lowest BCUT2D eigenvalue weighted by atomic mass is 9.88. The van der Waals surface area contributed by atoms with Gasteiger partial charge in [-0.1, -0.05) is 26.7 Å². The zero-order valence-electron chi connectivity index (χ0n) is 18.3. The summed E-state index contributed by atoms with van der Waals surface area (Å²) in [7, 11) is 4.53. The Bertz CT molecular complexity index is 764. The second kappa shape index (κ2) is 10.2. The largest absolute Gasteiger partial charge is 0.493 e. The van der Waals surface area contributed by atoms with E-state index in [0.717, 1.165) is 23.3 Å². The monoisotopic (exact) mass is 421 g/mol. The number of carbonyl (C=O) groups is 3. The quantitative estimate of drug-likeness (QED) is 0.531. The van der Waals surface area contributed by atoms with Gasteiger partial charge in [0.1, 0.15) is 12.1 Å².